The number of carboxylic acid groups (broad SMARTS) is 1. The van der Waals surface area contributed by atoms with Gasteiger partial charge >= 0.3 is 5.97 Å². The van der Waals surface area contributed by atoms with Crippen molar-refractivity contribution in [2.75, 3.05) is 13.1 Å². The number of hydrogen-bond acceptors (Lipinski definition) is 3. The van der Waals surface area contributed by atoms with E-state index < -0.39 is 21.8 Å². The fourth-order valence-corrected chi connectivity index (χ4v) is 3.35. The van der Waals surface area contributed by atoms with Crippen LogP contribution in [-0.2, 0) is 14.8 Å². The van der Waals surface area contributed by atoms with E-state index in [0.29, 0.717) is 5.56 Å². The van der Waals surface area contributed by atoms with Crippen LogP contribution >= 0.6 is 0 Å². The van der Waals surface area contributed by atoms with Gasteiger partial charge in [-0.05, 0) is 24.6 Å². The number of rotatable bonds is 6. The van der Waals surface area contributed by atoms with Gasteiger partial charge < -0.3 is 5.11 Å². The number of nitrogens with zero attached hydrogens (tertiary/aromatic N) is 1. The Labute approximate surface area is 111 Å². The van der Waals surface area contributed by atoms with Gasteiger partial charge in [0, 0.05) is 13.1 Å². The zero-order chi connectivity index (χ0) is 14.6. The second-order valence-corrected chi connectivity index (χ2v) is 5.96. The third-order valence-electron chi connectivity index (χ3n) is 2.70. The van der Waals surface area contributed by atoms with Gasteiger partial charge in [-0.25, -0.2) is 12.8 Å². The molecule has 0 heterocycles. The Kier molecular flexibility index (Phi) is 5.02. The quantitative estimate of drug-likeness (QED) is 0.863. The number of carboxylic acids is 1. The molecule has 0 amide bonds. The maximum Gasteiger partial charge on any atom is 0.304 e. The van der Waals surface area contributed by atoms with Gasteiger partial charge in [0.1, 0.15) is 5.82 Å². The van der Waals surface area contributed by atoms with Crippen LogP contribution < -0.4 is 0 Å². The molecule has 0 bridgehead atoms. The van der Waals surface area contributed by atoms with Crippen LogP contribution in [0.5, 0.6) is 0 Å². The highest BCUT2D eigenvalue weighted by molar-refractivity contribution is 7.89. The molecule has 0 aliphatic rings. The molecule has 0 saturated heterocycles. The normalized spacial score (nSPS) is 11.8. The third kappa shape index (κ3) is 3.74. The minimum Gasteiger partial charge on any atom is -0.481 e. The second-order valence-electron chi connectivity index (χ2n) is 4.05. The molecule has 1 N–H and O–H groups in total. The first-order chi connectivity index (χ1) is 8.78. The van der Waals surface area contributed by atoms with E-state index in [9.17, 15) is 17.6 Å². The molecule has 1 aromatic carbocycles. The molecule has 0 saturated carbocycles. The molecule has 1 rings (SSSR count). The van der Waals surface area contributed by atoms with Crippen molar-refractivity contribution in [3.63, 3.8) is 0 Å². The molecule has 0 spiro atoms. The van der Waals surface area contributed by atoms with Gasteiger partial charge in [0.15, 0.2) is 0 Å². The molecule has 7 heteroatoms. The summed E-state index contributed by atoms with van der Waals surface area (Å²) >= 11 is 0. The molecule has 0 aliphatic carbocycles. The summed E-state index contributed by atoms with van der Waals surface area (Å²) in [5, 5.41) is 8.61. The second kappa shape index (κ2) is 6.12. The topological polar surface area (TPSA) is 74.7 Å². The number of aryl methyl sites for hydroxylation is 1. The monoisotopic (exact) mass is 289 g/mol. The van der Waals surface area contributed by atoms with E-state index in [1.807, 2.05) is 0 Å². The van der Waals surface area contributed by atoms with Crippen LogP contribution in [0.15, 0.2) is 23.1 Å². The highest BCUT2D eigenvalue weighted by Gasteiger charge is 2.25. The van der Waals surface area contributed by atoms with Crippen molar-refractivity contribution in [2.24, 2.45) is 0 Å². The molecule has 0 radical (unpaired) electrons. The van der Waals surface area contributed by atoms with Gasteiger partial charge in [-0.1, -0.05) is 13.0 Å². The Hall–Kier alpha value is -1.47. The number of benzene rings is 1. The zero-order valence-electron chi connectivity index (χ0n) is 10.8. The Morgan fingerprint density at radius 3 is 2.58 bits per heavy atom. The van der Waals surface area contributed by atoms with Crippen LogP contribution in [0.25, 0.3) is 0 Å². The minimum atomic E-state index is -3.87. The maximum absolute atomic E-state index is 13.2. The average molecular weight is 289 g/mol. The molecule has 0 atom stereocenters. The lowest BCUT2D eigenvalue weighted by atomic mass is 10.2. The van der Waals surface area contributed by atoms with Gasteiger partial charge in [-0.2, -0.15) is 4.31 Å². The summed E-state index contributed by atoms with van der Waals surface area (Å²) in [5.41, 5.74) is 0.426. The highest BCUT2D eigenvalue weighted by Crippen LogP contribution is 2.21. The number of aliphatic carboxylic acids is 1. The van der Waals surface area contributed by atoms with E-state index in [2.05, 4.69) is 0 Å². The molecular weight excluding hydrogens is 273 g/mol. The van der Waals surface area contributed by atoms with Gasteiger partial charge in [0.05, 0.1) is 11.3 Å². The molecule has 106 valence electrons. The van der Waals surface area contributed by atoms with Gasteiger partial charge in [-0.15, -0.1) is 0 Å². The lowest BCUT2D eigenvalue weighted by Gasteiger charge is -2.20. The summed E-state index contributed by atoms with van der Waals surface area (Å²) in [6.07, 6.45) is -0.290. The first kappa shape index (κ1) is 15.6. The van der Waals surface area contributed by atoms with Crippen LogP contribution in [0.1, 0.15) is 18.9 Å². The highest BCUT2D eigenvalue weighted by atomic mass is 32.2. The Bertz CT molecular complexity index is 571. The zero-order valence-corrected chi connectivity index (χ0v) is 11.6. The van der Waals surface area contributed by atoms with Crippen molar-refractivity contribution in [1.29, 1.82) is 0 Å². The number of hydrogen-bond donors (Lipinski definition) is 1. The van der Waals surface area contributed by atoms with E-state index in [0.717, 1.165) is 10.4 Å². The summed E-state index contributed by atoms with van der Waals surface area (Å²) in [5.74, 6) is -1.72. The maximum atomic E-state index is 13.2. The first-order valence-corrected chi connectivity index (χ1v) is 7.21. The molecule has 0 fully saturated rings. The molecule has 5 nitrogen and oxygen atoms in total. The summed E-state index contributed by atoms with van der Waals surface area (Å²) in [4.78, 5) is 10.4. The first-order valence-electron chi connectivity index (χ1n) is 5.77. The predicted molar refractivity (Wildman–Crippen MR) is 67.8 cm³/mol. The van der Waals surface area contributed by atoms with Crippen LogP contribution in [0, 0.1) is 12.7 Å². The Morgan fingerprint density at radius 1 is 1.42 bits per heavy atom. The lowest BCUT2D eigenvalue weighted by molar-refractivity contribution is -0.137. The molecule has 1 aromatic rings. The van der Waals surface area contributed by atoms with E-state index in [4.69, 9.17) is 5.11 Å². The largest absolute Gasteiger partial charge is 0.481 e. The number of sulfonamides is 1. The summed E-state index contributed by atoms with van der Waals surface area (Å²) < 4.78 is 38.8. The van der Waals surface area contributed by atoms with E-state index in [1.165, 1.54) is 12.1 Å². The van der Waals surface area contributed by atoms with Crippen molar-refractivity contribution in [3.8, 4) is 0 Å². The fraction of sp³-hybridized carbons (Fsp3) is 0.417. The van der Waals surface area contributed by atoms with E-state index in [-0.39, 0.29) is 24.4 Å². The van der Waals surface area contributed by atoms with Crippen LogP contribution in [-0.4, -0.2) is 36.9 Å². The van der Waals surface area contributed by atoms with Crippen molar-refractivity contribution in [3.05, 3.63) is 29.6 Å². The summed E-state index contributed by atoms with van der Waals surface area (Å²) in [7, 11) is -3.87. The lowest BCUT2D eigenvalue weighted by Crippen LogP contribution is -2.33. The average Bonchev–Trinajstić information content (AvgIpc) is 2.32. The van der Waals surface area contributed by atoms with E-state index in [1.54, 1.807) is 13.8 Å². The van der Waals surface area contributed by atoms with Crippen LogP contribution in [0.3, 0.4) is 0 Å². The number of carbonyl (C=O) groups is 1. The molecular formula is C12H16FNO4S. The van der Waals surface area contributed by atoms with Crippen molar-refractivity contribution < 1.29 is 22.7 Å². The van der Waals surface area contributed by atoms with Crippen LogP contribution in [0.4, 0.5) is 4.39 Å². The van der Waals surface area contributed by atoms with Gasteiger partial charge in [-0.3, -0.25) is 4.79 Å². The molecule has 0 aromatic heterocycles. The Balaban J connectivity index is 3.13. The molecule has 0 unspecified atom stereocenters. The summed E-state index contributed by atoms with van der Waals surface area (Å²) in [6.45, 7) is 3.17. The number of halogens is 1. The van der Waals surface area contributed by atoms with Gasteiger partial charge in [0.25, 0.3) is 0 Å². The fourth-order valence-electron chi connectivity index (χ4n) is 1.66. The summed E-state index contributed by atoms with van der Waals surface area (Å²) in [6, 6.07) is 3.52. The van der Waals surface area contributed by atoms with Gasteiger partial charge in [0.2, 0.25) is 10.0 Å². The molecule has 19 heavy (non-hydrogen) atoms. The predicted octanol–water partition coefficient (Wildman–Crippen LogP) is 1.62. The smallest absolute Gasteiger partial charge is 0.304 e. The minimum absolute atomic E-state index is 0.125. The Morgan fingerprint density at radius 2 is 2.05 bits per heavy atom. The standard InChI is InChI=1S/C12H16FNO4S/c1-3-14(7-6-12(15)16)19(17,18)11-8-10(13)5-4-9(11)2/h4-5,8H,3,6-7H2,1-2H3,(H,15,16). The van der Waals surface area contributed by atoms with Crippen molar-refractivity contribution in [1.82, 2.24) is 4.31 Å². The SMILES string of the molecule is CCN(CCC(=O)O)S(=O)(=O)c1cc(F)ccc1C. The third-order valence-corrected chi connectivity index (χ3v) is 4.81. The van der Waals surface area contributed by atoms with Crippen LogP contribution in [0.2, 0.25) is 0 Å². The van der Waals surface area contributed by atoms with Crippen molar-refractivity contribution >= 4 is 16.0 Å². The van der Waals surface area contributed by atoms with Crippen molar-refractivity contribution in [2.45, 2.75) is 25.2 Å². The van der Waals surface area contributed by atoms with E-state index >= 15 is 0 Å². The molecule has 0 aliphatic heterocycles.